The van der Waals surface area contributed by atoms with Crippen LogP contribution in [-0.2, 0) is 0 Å². The van der Waals surface area contributed by atoms with Gasteiger partial charge in [0.1, 0.15) is 17.2 Å². The number of hydrogen-bond acceptors (Lipinski definition) is 3. The molecule has 2 aromatic carbocycles. The standard InChI is InChI=1S/C18H11F2NO3/c1-21-15(9-2-4-10(19)5-3-9)14-16(22)12-8-11(20)6-7-13(12)24-17(14)18(21)23/h2-8,15H,1H3. The van der Waals surface area contributed by atoms with Crippen LogP contribution in [0.4, 0.5) is 8.78 Å². The zero-order valence-electron chi connectivity index (χ0n) is 12.5. The molecule has 120 valence electrons. The van der Waals surface area contributed by atoms with Gasteiger partial charge in [0.25, 0.3) is 5.91 Å². The summed E-state index contributed by atoms with van der Waals surface area (Å²) < 4.78 is 32.2. The Hall–Kier alpha value is -3.02. The number of carbonyl (C=O) groups is 1. The van der Waals surface area contributed by atoms with Crippen LogP contribution in [0.15, 0.2) is 51.7 Å². The lowest BCUT2D eigenvalue weighted by molar-refractivity contribution is 0.0771. The molecule has 0 saturated heterocycles. The van der Waals surface area contributed by atoms with Gasteiger partial charge in [0.15, 0.2) is 5.43 Å². The van der Waals surface area contributed by atoms with Crippen LogP contribution in [0.3, 0.4) is 0 Å². The molecule has 0 fully saturated rings. The monoisotopic (exact) mass is 327 g/mol. The summed E-state index contributed by atoms with van der Waals surface area (Å²) >= 11 is 0. The SMILES string of the molecule is CN1C(=O)c2oc3ccc(F)cc3c(=O)c2C1c1ccc(F)cc1. The van der Waals surface area contributed by atoms with Crippen LogP contribution in [0.1, 0.15) is 27.7 Å². The molecule has 3 aromatic rings. The lowest BCUT2D eigenvalue weighted by atomic mass is 9.99. The van der Waals surface area contributed by atoms with Crippen molar-refractivity contribution in [3.8, 4) is 0 Å². The first-order valence-corrected chi connectivity index (χ1v) is 7.26. The largest absolute Gasteiger partial charge is 0.450 e. The number of carbonyl (C=O) groups excluding carboxylic acids is 1. The van der Waals surface area contributed by atoms with Crippen molar-refractivity contribution in [2.45, 2.75) is 6.04 Å². The van der Waals surface area contributed by atoms with E-state index in [0.29, 0.717) is 5.56 Å². The summed E-state index contributed by atoms with van der Waals surface area (Å²) in [7, 11) is 1.54. The molecule has 0 bridgehead atoms. The van der Waals surface area contributed by atoms with Crippen LogP contribution in [-0.4, -0.2) is 17.9 Å². The first kappa shape index (κ1) is 14.6. The topological polar surface area (TPSA) is 50.5 Å². The predicted molar refractivity (Wildman–Crippen MR) is 82.8 cm³/mol. The Morgan fingerprint density at radius 2 is 1.67 bits per heavy atom. The second-order valence-electron chi connectivity index (χ2n) is 5.68. The van der Waals surface area contributed by atoms with Crippen molar-refractivity contribution in [2.24, 2.45) is 0 Å². The molecule has 1 atom stereocenters. The maximum Gasteiger partial charge on any atom is 0.290 e. The van der Waals surface area contributed by atoms with Gasteiger partial charge in [-0.25, -0.2) is 8.78 Å². The second kappa shape index (κ2) is 4.99. The molecule has 1 unspecified atom stereocenters. The minimum absolute atomic E-state index is 0.0593. The molecule has 2 heterocycles. The molecule has 0 saturated carbocycles. The first-order valence-electron chi connectivity index (χ1n) is 7.26. The second-order valence-corrected chi connectivity index (χ2v) is 5.68. The van der Waals surface area contributed by atoms with Crippen molar-refractivity contribution in [1.82, 2.24) is 4.90 Å². The van der Waals surface area contributed by atoms with E-state index in [1.165, 1.54) is 42.3 Å². The summed E-state index contributed by atoms with van der Waals surface area (Å²) in [5, 5.41) is 0.0731. The number of halogens is 2. The highest BCUT2D eigenvalue weighted by Crippen LogP contribution is 2.36. The maximum absolute atomic E-state index is 13.5. The highest BCUT2D eigenvalue weighted by molar-refractivity contribution is 5.98. The zero-order chi connectivity index (χ0) is 17.0. The van der Waals surface area contributed by atoms with Gasteiger partial charge < -0.3 is 9.32 Å². The average Bonchev–Trinajstić information content (AvgIpc) is 2.82. The maximum atomic E-state index is 13.5. The molecule has 0 spiro atoms. The third-order valence-corrected chi connectivity index (χ3v) is 4.25. The van der Waals surface area contributed by atoms with E-state index in [1.807, 2.05) is 0 Å². The number of hydrogen-bond donors (Lipinski definition) is 0. The van der Waals surface area contributed by atoms with Gasteiger partial charge in [-0.3, -0.25) is 9.59 Å². The molecule has 0 aliphatic carbocycles. The van der Waals surface area contributed by atoms with E-state index in [1.54, 1.807) is 0 Å². The summed E-state index contributed by atoms with van der Waals surface area (Å²) in [6.45, 7) is 0. The van der Waals surface area contributed by atoms with Gasteiger partial charge in [-0.1, -0.05) is 12.1 Å². The highest BCUT2D eigenvalue weighted by Gasteiger charge is 2.40. The zero-order valence-corrected chi connectivity index (χ0v) is 12.5. The Balaban J connectivity index is 2.03. The van der Waals surface area contributed by atoms with Crippen molar-refractivity contribution in [3.63, 3.8) is 0 Å². The normalized spacial score (nSPS) is 16.7. The summed E-state index contributed by atoms with van der Waals surface area (Å²) in [6.07, 6.45) is 0. The fourth-order valence-electron chi connectivity index (χ4n) is 3.10. The summed E-state index contributed by atoms with van der Waals surface area (Å²) in [4.78, 5) is 26.6. The molecular formula is C18H11F2NO3. The van der Waals surface area contributed by atoms with Gasteiger partial charge >= 0.3 is 0 Å². The molecule has 1 amide bonds. The molecule has 4 rings (SSSR count). The van der Waals surface area contributed by atoms with Crippen molar-refractivity contribution < 1.29 is 18.0 Å². The summed E-state index contributed by atoms with van der Waals surface area (Å²) in [6, 6.07) is 8.41. The lowest BCUT2D eigenvalue weighted by Crippen LogP contribution is -2.25. The number of nitrogens with zero attached hydrogens (tertiary/aromatic N) is 1. The van der Waals surface area contributed by atoms with Crippen LogP contribution >= 0.6 is 0 Å². The van der Waals surface area contributed by atoms with Crippen LogP contribution in [0.25, 0.3) is 11.0 Å². The van der Waals surface area contributed by atoms with E-state index in [0.717, 1.165) is 12.1 Å². The minimum Gasteiger partial charge on any atom is -0.450 e. The van der Waals surface area contributed by atoms with E-state index in [4.69, 9.17) is 4.42 Å². The summed E-state index contributed by atoms with van der Waals surface area (Å²) in [5.41, 5.74) is 0.417. The van der Waals surface area contributed by atoms with E-state index in [9.17, 15) is 18.4 Å². The average molecular weight is 327 g/mol. The fourth-order valence-corrected chi connectivity index (χ4v) is 3.10. The molecule has 24 heavy (non-hydrogen) atoms. The molecule has 0 N–H and O–H groups in total. The molecule has 4 nitrogen and oxygen atoms in total. The number of benzene rings is 2. The smallest absolute Gasteiger partial charge is 0.290 e. The van der Waals surface area contributed by atoms with Gasteiger partial charge in [0, 0.05) is 7.05 Å². The van der Waals surface area contributed by atoms with E-state index >= 15 is 0 Å². The number of rotatable bonds is 1. The Labute approximate surface area is 134 Å². The van der Waals surface area contributed by atoms with Crippen LogP contribution in [0.2, 0.25) is 0 Å². The van der Waals surface area contributed by atoms with Gasteiger partial charge in [0.05, 0.1) is 17.0 Å². The first-order chi connectivity index (χ1) is 11.5. The molecule has 1 aliphatic heterocycles. The molecule has 6 heteroatoms. The van der Waals surface area contributed by atoms with Gasteiger partial charge in [0.2, 0.25) is 5.76 Å². The number of fused-ring (bicyclic) bond motifs is 2. The van der Waals surface area contributed by atoms with Crippen molar-refractivity contribution in [3.05, 3.63) is 81.2 Å². The lowest BCUT2D eigenvalue weighted by Gasteiger charge is -2.20. The predicted octanol–water partition coefficient (Wildman–Crippen LogP) is 3.25. The van der Waals surface area contributed by atoms with Crippen molar-refractivity contribution in [1.29, 1.82) is 0 Å². The highest BCUT2D eigenvalue weighted by atomic mass is 19.1. The van der Waals surface area contributed by atoms with E-state index in [2.05, 4.69) is 0 Å². The van der Waals surface area contributed by atoms with Crippen LogP contribution in [0, 0.1) is 11.6 Å². The Kier molecular flexibility index (Phi) is 3.03. The Bertz CT molecular complexity index is 1040. The van der Waals surface area contributed by atoms with Gasteiger partial charge in [-0.05, 0) is 35.9 Å². The fraction of sp³-hybridized carbons (Fsp3) is 0.111. The van der Waals surface area contributed by atoms with Crippen LogP contribution < -0.4 is 5.43 Å². The van der Waals surface area contributed by atoms with Gasteiger partial charge in [-0.2, -0.15) is 0 Å². The van der Waals surface area contributed by atoms with E-state index < -0.39 is 29.0 Å². The third kappa shape index (κ3) is 1.96. The number of amides is 1. The van der Waals surface area contributed by atoms with Gasteiger partial charge in [-0.15, -0.1) is 0 Å². The van der Waals surface area contributed by atoms with E-state index in [-0.39, 0.29) is 22.3 Å². The third-order valence-electron chi connectivity index (χ3n) is 4.25. The quantitative estimate of drug-likeness (QED) is 0.689. The Morgan fingerprint density at radius 3 is 2.38 bits per heavy atom. The molecular weight excluding hydrogens is 316 g/mol. The molecule has 1 aromatic heterocycles. The van der Waals surface area contributed by atoms with Crippen molar-refractivity contribution >= 4 is 16.9 Å². The van der Waals surface area contributed by atoms with Crippen molar-refractivity contribution in [2.75, 3.05) is 7.05 Å². The molecule has 1 aliphatic rings. The summed E-state index contributed by atoms with van der Waals surface area (Å²) in [5.74, 6) is -1.48. The minimum atomic E-state index is -0.697. The Morgan fingerprint density at radius 1 is 1.00 bits per heavy atom. The van der Waals surface area contributed by atoms with Crippen LogP contribution in [0.5, 0.6) is 0 Å². The molecule has 0 radical (unpaired) electrons.